The third-order valence-corrected chi connectivity index (χ3v) is 4.59. The van der Waals surface area contributed by atoms with Crippen molar-refractivity contribution in [1.29, 1.82) is 0 Å². The molecule has 0 amide bonds. The van der Waals surface area contributed by atoms with Crippen molar-refractivity contribution in [3.63, 3.8) is 0 Å². The van der Waals surface area contributed by atoms with Crippen LogP contribution in [0.25, 0.3) is 0 Å². The molecule has 0 saturated carbocycles. The molecule has 2 aromatic rings. The van der Waals surface area contributed by atoms with Crippen LogP contribution in [0.5, 0.6) is 11.5 Å². The molecule has 0 aliphatic heterocycles. The average molecular weight is 373 g/mol. The molecule has 0 aromatic heterocycles. The molecule has 2 aromatic carbocycles. The highest BCUT2D eigenvalue weighted by molar-refractivity contribution is 7.80. The Morgan fingerprint density at radius 1 is 1.12 bits per heavy atom. The van der Waals surface area contributed by atoms with Gasteiger partial charge in [0.15, 0.2) is 5.11 Å². The second-order valence-electron chi connectivity index (χ2n) is 6.05. The number of ether oxygens (including phenoxy) is 2. The second-order valence-corrected chi connectivity index (χ2v) is 6.43. The van der Waals surface area contributed by atoms with E-state index in [4.69, 9.17) is 21.7 Å². The van der Waals surface area contributed by atoms with Gasteiger partial charge in [-0.05, 0) is 69.2 Å². The maximum atomic E-state index is 5.68. The third-order valence-electron chi connectivity index (χ3n) is 4.25. The Labute approximate surface area is 162 Å². The minimum atomic E-state index is 0.271. The molecule has 1 atom stereocenters. The standard InChI is InChI=1S/C21H28N2O2S/c1-5-23(16(3)15-17-11-13-18(24-4)14-12-17)21(26)22-19-9-7-8-10-20(19)25-6-2/h7-14,16H,5-6,15H2,1-4H3,(H,22,26). The van der Waals surface area contributed by atoms with Gasteiger partial charge in [-0.15, -0.1) is 0 Å². The van der Waals surface area contributed by atoms with Crippen LogP contribution in [-0.4, -0.2) is 36.3 Å². The van der Waals surface area contributed by atoms with E-state index >= 15 is 0 Å². The molecule has 26 heavy (non-hydrogen) atoms. The molecule has 0 aliphatic carbocycles. The zero-order chi connectivity index (χ0) is 18.9. The Balaban J connectivity index is 2.05. The Bertz CT molecular complexity index is 703. The van der Waals surface area contributed by atoms with Crippen molar-refractivity contribution in [3.8, 4) is 11.5 Å². The summed E-state index contributed by atoms with van der Waals surface area (Å²) in [6.45, 7) is 7.74. The number of hydrogen-bond donors (Lipinski definition) is 1. The fourth-order valence-electron chi connectivity index (χ4n) is 2.91. The van der Waals surface area contributed by atoms with Crippen molar-refractivity contribution in [2.24, 2.45) is 0 Å². The van der Waals surface area contributed by atoms with E-state index in [2.05, 4.69) is 36.2 Å². The van der Waals surface area contributed by atoms with Gasteiger partial charge in [-0.1, -0.05) is 24.3 Å². The van der Waals surface area contributed by atoms with Gasteiger partial charge in [0.1, 0.15) is 11.5 Å². The van der Waals surface area contributed by atoms with Crippen LogP contribution in [0, 0.1) is 0 Å². The van der Waals surface area contributed by atoms with E-state index in [1.807, 2.05) is 43.3 Å². The zero-order valence-corrected chi connectivity index (χ0v) is 16.8. The van der Waals surface area contributed by atoms with Crippen molar-refractivity contribution < 1.29 is 9.47 Å². The van der Waals surface area contributed by atoms with Crippen LogP contribution in [0.1, 0.15) is 26.3 Å². The summed E-state index contributed by atoms with van der Waals surface area (Å²) in [5.74, 6) is 1.69. The Hall–Kier alpha value is -2.27. The molecule has 2 rings (SSSR count). The largest absolute Gasteiger partial charge is 0.497 e. The van der Waals surface area contributed by atoms with Gasteiger partial charge in [0, 0.05) is 12.6 Å². The number of likely N-dealkylation sites (N-methyl/N-ethyl adjacent to an activating group) is 1. The normalized spacial score (nSPS) is 11.5. The molecule has 4 nitrogen and oxygen atoms in total. The highest BCUT2D eigenvalue weighted by Gasteiger charge is 2.17. The zero-order valence-electron chi connectivity index (χ0n) is 16.0. The van der Waals surface area contributed by atoms with Crippen LogP contribution in [0.2, 0.25) is 0 Å². The van der Waals surface area contributed by atoms with Crippen molar-refractivity contribution in [1.82, 2.24) is 4.90 Å². The van der Waals surface area contributed by atoms with Gasteiger partial charge in [-0.2, -0.15) is 0 Å². The van der Waals surface area contributed by atoms with Gasteiger partial charge in [0.2, 0.25) is 0 Å². The van der Waals surface area contributed by atoms with Crippen LogP contribution in [-0.2, 0) is 6.42 Å². The van der Waals surface area contributed by atoms with Gasteiger partial charge in [-0.3, -0.25) is 0 Å². The fourth-order valence-corrected chi connectivity index (χ4v) is 3.33. The maximum Gasteiger partial charge on any atom is 0.173 e. The van der Waals surface area contributed by atoms with E-state index < -0.39 is 0 Å². The topological polar surface area (TPSA) is 33.7 Å². The van der Waals surface area contributed by atoms with Crippen molar-refractivity contribution in [2.75, 3.05) is 25.6 Å². The number of hydrogen-bond acceptors (Lipinski definition) is 3. The van der Waals surface area contributed by atoms with E-state index in [0.29, 0.717) is 11.7 Å². The van der Waals surface area contributed by atoms with E-state index in [-0.39, 0.29) is 6.04 Å². The summed E-state index contributed by atoms with van der Waals surface area (Å²) in [7, 11) is 1.68. The lowest BCUT2D eigenvalue weighted by atomic mass is 10.1. The van der Waals surface area contributed by atoms with Crippen LogP contribution >= 0.6 is 12.2 Å². The Kier molecular flexibility index (Phi) is 7.73. The van der Waals surface area contributed by atoms with Gasteiger partial charge in [0.25, 0.3) is 0 Å². The lowest BCUT2D eigenvalue weighted by Gasteiger charge is -2.31. The fraction of sp³-hybridized carbons (Fsp3) is 0.381. The summed E-state index contributed by atoms with van der Waals surface area (Å²) in [5, 5.41) is 4.05. The van der Waals surface area contributed by atoms with Crippen molar-refractivity contribution >= 4 is 23.0 Å². The lowest BCUT2D eigenvalue weighted by molar-refractivity contribution is 0.339. The van der Waals surface area contributed by atoms with Crippen LogP contribution < -0.4 is 14.8 Å². The van der Waals surface area contributed by atoms with Crippen LogP contribution in [0.15, 0.2) is 48.5 Å². The molecule has 0 aliphatic rings. The predicted molar refractivity (Wildman–Crippen MR) is 112 cm³/mol. The number of anilines is 1. The van der Waals surface area contributed by atoms with Gasteiger partial charge in [-0.25, -0.2) is 0 Å². The number of benzene rings is 2. The first-order chi connectivity index (χ1) is 12.6. The smallest absolute Gasteiger partial charge is 0.173 e. The lowest BCUT2D eigenvalue weighted by Crippen LogP contribution is -2.42. The molecule has 0 fully saturated rings. The number of thiocarbonyl (C=S) groups is 1. The predicted octanol–water partition coefficient (Wildman–Crippen LogP) is 4.74. The number of nitrogens with one attached hydrogen (secondary N) is 1. The molecular formula is C21H28N2O2S. The number of nitrogens with zero attached hydrogens (tertiary/aromatic N) is 1. The summed E-state index contributed by atoms with van der Waals surface area (Å²) >= 11 is 5.67. The first-order valence-electron chi connectivity index (χ1n) is 9.01. The molecule has 0 heterocycles. The number of methoxy groups -OCH3 is 1. The molecular weight excluding hydrogens is 344 g/mol. The van der Waals surface area contributed by atoms with Gasteiger partial charge in [0.05, 0.1) is 19.4 Å². The Morgan fingerprint density at radius 3 is 2.42 bits per heavy atom. The third kappa shape index (κ3) is 5.36. The molecule has 0 bridgehead atoms. The first kappa shape index (κ1) is 20.0. The van der Waals surface area contributed by atoms with E-state index in [1.54, 1.807) is 7.11 Å². The summed E-state index contributed by atoms with van der Waals surface area (Å²) in [6.07, 6.45) is 0.909. The first-order valence-corrected chi connectivity index (χ1v) is 9.42. The van der Waals surface area contributed by atoms with Crippen molar-refractivity contribution in [3.05, 3.63) is 54.1 Å². The van der Waals surface area contributed by atoms with Crippen LogP contribution in [0.3, 0.4) is 0 Å². The van der Waals surface area contributed by atoms with Crippen LogP contribution in [0.4, 0.5) is 5.69 Å². The van der Waals surface area contributed by atoms with Crippen molar-refractivity contribution in [2.45, 2.75) is 33.2 Å². The SMILES string of the molecule is CCOc1ccccc1NC(=S)N(CC)C(C)Cc1ccc(OC)cc1. The molecule has 0 saturated heterocycles. The average Bonchev–Trinajstić information content (AvgIpc) is 2.65. The molecule has 1 unspecified atom stereocenters. The monoisotopic (exact) mass is 372 g/mol. The van der Waals surface area contributed by atoms with Gasteiger partial charge < -0.3 is 19.7 Å². The molecule has 0 spiro atoms. The minimum absolute atomic E-state index is 0.271. The highest BCUT2D eigenvalue weighted by Crippen LogP contribution is 2.24. The maximum absolute atomic E-state index is 5.68. The number of rotatable bonds is 8. The Morgan fingerprint density at radius 2 is 1.81 bits per heavy atom. The van der Waals surface area contributed by atoms with E-state index in [1.165, 1.54) is 5.56 Å². The molecule has 140 valence electrons. The molecule has 0 radical (unpaired) electrons. The second kappa shape index (κ2) is 10.0. The summed E-state index contributed by atoms with van der Waals surface area (Å²) in [6, 6.07) is 16.3. The summed E-state index contributed by atoms with van der Waals surface area (Å²) in [5.41, 5.74) is 2.16. The molecule has 5 heteroatoms. The quantitative estimate of drug-likeness (QED) is 0.677. The summed E-state index contributed by atoms with van der Waals surface area (Å²) < 4.78 is 10.9. The number of para-hydroxylation sites is 2. The van der Waals surface area contributed by atoms with Gasteiger partial charge >= 0.3 is 0 Å². The summed E-state index contributed by atoms with van der Waals surface area (Å²) in [4.78, 5) is 2.20. The molecule has 1 N–H and O–H groups in total. The minimum Gasteiger partial charge on any atom is -0.497 e. The van der Waals surface area contributed by atoms with E-state index in [9.17, 15) is 0 Å². The van der Waals surface area contributed by atoms with E-state index in [0.717, 1.165) is 30.2 Å². The highest BCUT2D eigenvalue weighted by atomic mass is 32.1.